The number of amides is 4. The van der Waals surface area contributed by atoms with Gasteiger partial charge in [0.25, 0.3) is 5.91 Å². The highest BCUT2D eigenvalue weighted by atomic mass is 16.2. The Bertz CT molecular complexity index is 808. The second-order valence-corrected chi connectivity index (χ2v) is 6.60. The molecule has 140 valence electrons. The Morgan fingerprint density at radius 1 is 1.07 bits per heavy atom. The molecular formula is C21H23N3O3. The Labute approximate surface area is 158 Å². The van der Waals surface area contributed by atoms with Crippen LogP contribution in [0.4, 0.5) is 4.79 Å². The molecule has 0 saturated carbocycles. The molecule has 3 rings (SSSR count). The van der Waals surface area contributed by atoms with E-state index in [4.69, 9.17) is 0 Å². The zero-order valence-electron chi connectivity index (χ0n) is 15.2. The monoisotopic (exact) mass is 365 g/mol. The minimum absolute atomic E-state index is 0.143. The molecule has 2 atom stereocenters. The van der Waals surface area contributed by atoms with E-state index >= 15 is 0 Å². The van der Waals surface area contributed by atoms with Crippen molar-refractivity contribution in [3.8, 4) is 0 Å². The standard InChI is InChI=1S/C21H23N3O3/c1-15(17-10-6-3-7-11-17)24-20(26)18(23-21(24)27)12-13-19(25)22-14-16-8-4-2-5-9-16/h2-11,15,18H,12-14H2,1H3,(H,22,25)(H,23,27)/t15-,18-/m1/s1. The largest absolute Gasteiger partial charge is 0.352 e. The number of nitrogens with one attached hydrogen (secondary N) is 2. The first-order chi connectivity index (χ1) is 13.1. The van der Waals surface area contributed by atoms with Crippen LogP contribution in [0, 0.1) is 0 Å². The highest BCUT2D eigenvalue weighted by Crippen LogP contribution is 2.25. The summed E-state index contributed by atoms with van der Waals surface area (Å²) in [5.74, 6) is -0.428. The first-order valence-electron chi connectivity index (χ1n) is 9.05. The number of carbonyl (C=O) groups excluding carboxylic acids is 3. The maximum atomic E-state index is 12.6. The fraction of sp³-hybridized carbons (Fsp3) is 0.286. The minimum Gasteiger partial charge on any atom is -0.352 e. The van der Waals surface area contributed by atoms with E-state index in [-0.39, 0.29) is 30.7 Å². The Hall–Kier alpha value is -3.15. The van der Waals surface area contributed by atoms with E-state index in [1.807, 2.05) is 67.6 Å². The van der Waals surface area contributed by atoms with E-state index < -0.39 is 12.1 Å². The number of carbonyl (C=O) groups is 3. The lowest BCUT2D eigenvalue weighted by Gasteiger charge is -2.21. The van der Waals surface area contributed by atoms with E-state index in [9.17, 15) is 14.4 Å². The lowest BCUT2D eigenvalue weighted by Crippen LogP contribution is -2.34. The zero-order valence-corrected chi connectivity index (χ0v) is 15.2. The third-order valence-electron chi connectivity index (χ3n) is 4.71. The van der Waals surface area contributed by atoms with Gasteiger partial charge in [-0.1, -0.05) is 60.7 Å². The van der Waals surface area contributed by atoms with Crippen molar-refractivity contribution >= 4 is 17.8 Å². The van der Waals surface area contributed by atoms with Gasteiger partial charge < -0.3 is 10.6 Å². The Balaban J connectivity index is 1.52. The van der Waals surface area contributed by atoms with E-state index in [0.29, 0.717) is 6.54 Å². The Morgan fingerprint density at radius 2 is 1.70 bits per heavy atom. The molecule has 2 aromatic rings. The molecule has 2 aromatic carbocycles. The maximum absolute atomic E-state index is 12.6. The fourth-order valence-corrected chi connectivity index (χ4v) is 3.15. The molecule has 6 nitrogen and oxygen atoms in total. The molecule has 0 spiro atoms. The van der Waals surface area contributed by atoms with E-state index in [2.05, 4.69) is 10.6 Å². The van der Waals surface area contributed by atoms with Crippen LogP contribution >= 0.6 is 0 Å². The summed E-state index contributed by atoms with van der Waals surface area (Å²) in [6.07, 6.45) is 0.459. The highest BCUT2D eigenvalue weighted by Gasteiger charge is 2.40. The second-order valence-electron chi connectivity index (χ2n) is 6.60. The summed E-state index contributed by atoms with van der Waals surface area (Å²) in [5, 5.41) is 5.52. The fourth-order valence-electron chi connectivity index (χ4n) is 3.15. The van der Waals surface area contributed by atoms with Gasteiger partial charge in [0.1, 0.15) is 6.04 Å². The summed E-state index contributed by atoms with van der Waals surface area (Å²) in [5.41, 5.74) is 1.90. The van der Waals surface area contributed by atoms with Gasteiger partial charge in [0.15, 0.2) is 0 Å². The number of benzene rings is 2. The molecule has 1 heterocycles. The molecule has 1 fully saturated rings. The van der Waals surface area contributed by atoms with Gasteiger partial charge in [-0.3, -0.25) is 14.5 Å². The molecule has 0 unspecified atom stereocenters. The summed E-state index contributed by atoms with van der Waals surface area (Å²) >= 11 is 0. The molecule has 2 N–H and O–H groups in total. The molecule has 6 heteroatoms. The van der Waals surface area contributed by atoms with Gasteiger partial charge in [-0.05, 0) is 24.5 Å². The van der Waals surface area contributed by atoms with Crippen molar-refractivity contribution in [1.29, 1.82) is 0 Å². The van der Waals surface area contributed by atoms with Crippen LogP contribution in [0.3, 0.4) is 0 Å². The topological polar surface area (TPSA) is 78.5 Å². The number of rotatable bonds is 7. The van der Waals surface area contributed by atoms with Crippen molar-refractivity contribution in [3.63, 3.8) is 0 Å². The first-order valence-corrected chi connectivity index (χ1v) is 9.05. The molecule has 1 saturated heterocycles. The van der Waals surface area contributed by atoms with Crippen molar-refractivity contribution in [1.82, 2.24) is 15.5 Å². The highest BCUT2D eigenvalue weighted by molar-refractivity contribution is 6.04. The SMILES string of the molecule is C[C@H](c1ccccc1)N1C(=O)N[C@H](CCC(=O)NCc2ccccc2)C1=O. The average molecular weight is 365 g/mol. The quantitative estimate of drug-likeness (QED) is 0.741. The van der Waals surface area contributed by atoms with Crippen LogP contribution in [0.15, 0.2) is 60.7 Å². The van der Waals surface area contributed by atoms with Gasteiger partial charge in [-0.15, -0.1) is 0 Å². The van der Waals surface area contributed by atoms with Crippen molar-refractivity contribution in [2.24, 2.45) is 0 Å². The third kappa shape index (κ3) is 4.53. The predicted molar refractivity (Wildman–Crippen MR) is 102 cm³/mol. The number of nitrogens with zero attached hydrogens (tertiary/aromatic N) is 1. The average Bonchev–Trinajstić information content (AvgIpc) is 2.99. The van der Waals surface area contributed by atoms with Crippen molar-refractivity contribution < 1.29 is 14.4 Å². The van der Waals surface area contributed by atoms with Gasteiger partial charge in [-0.25, -0.2) is 4.79 Å². The third-order valence-corrected chi connectivity index (χ3v) is 4.71. The molecule has 0 radical (unpaired) electrons. The Morgan fingerprint density at radius 3 is 2.37 bits per heavy atom. The lowest BCUT2D eigenvalue weighted by molar-refractivity contribution is -0.129. The van der Waals surface area contributed by atoms with E-state index in [0.717, 1.165) is 11.1 Å². The Kier molecular flexibility index (Phi) is 5.86. The van der Waals surface area contributed by atoms with Gasteiger partial charge in [-0.2, -0.15) is 0 Å². The van der Waals surface area contributed by atoms with Crippen LogP contribution in [0.1, 0.15) is 36.9 Å². The molecule has 1 aliphatic heterocycles. The van der Waals surface area contributed by atoms with Crippen LogP contribution in [0.5, 0.6) is 0 Å². The van der Waals surface area contributed by atoms with Gasteiger partial charge >= 0.3 is 6.03 Å². The van der Waals surface area contributed by atoms with Crippen molar-refractivity contribution in [2.45, 2.75) is 38.4 Å². The van der Waals surface area contributed by atoms with Crippen molar-refractivity contribution in [3.05, 3.63) is 71.8 Å². The maximum Gasteiger partial charge on any atom is 0.325 e. The number of urea groups is 1. The number of hydrogen-bond acceptors (Lipinski definition) is 3. The van der Waals surface area contributed by atoms with E-state index in [1.165, 1.54) is 4.90 Å². The predicted octanol–water partition coefficient (Wildman–Crippen LogP) is 2.76. The summed E-state index contributed by atoms with van der Waals surface area (Å²) in [6.45, 7) is 2.27. The van der Waals surface area contributed by atoms with Crippen molar-refractivity contribution in [2.75, 3.05) is 0 Å². The number of hydrogen-bond donors (Lipinski definition) is 2. The van der Waals surface area contributed by atoms with Crippen LogP contribution in [0.2, 0.25) is 0 Å². The summed E-state index contributed by atoms with van der Waals surface area (Å²) in [7, 11) is 0. The molecule has 1 aliphatic rings. The molecule has 0 aliphatic carbocycles. The molecule has 0 aromatic heterocycles. The second kappa shape index (κ2) is 8.49. The van der Waals surface area contributed by atoms with Crippen LogP contribution in [0.25, 0.3) is 0 Å². The summed E-state index contributed by atoms with van der Waals surface area (Å²) in [4.78, 5) is 38.2. The van der Waals surface area contributed by atoms with Gasteiger partial charge in [0, 0.05) is 13.0 Å². The first kappa shape index (κ1) is 18.6. The molecule has 27 heavy (non-hydrogen) atoms. The minimum atomic E-state index is -0.661. The van der Waals surface area contributed by atoms with Gasteiger partial charge in [0.05, 0.1) is 6.04 Å². The number of imide groups is 1. The lowest BCUT2D eigenvalue weighted by atomic mass is 10.1. The molecule has 0 bridgehead atoms. The smallest absolute Gasteiger partial charge is 0.325 e. The molecule has 4 amide bonds. The summed E-state index contributed by atoms with van der Waals surface area (Å²) < 4.78 is 0. The van der Waals surface area contributed by atoms with Crippen LogP contribution in [-0.2, 0) is 16.1 Å². The zero-order chi connectivity index (χ0) is 19.2. The summed E-state index contributed by atoms with van der Waals surface area (Å²) in [6, 6.07) is 17.6. The van der Waals surface area contributed by atoms with Gasteiger partial charge in [0.2, 0.25) is 5.91 Å². The molecular weight excluding hydrogens is 342 g/mol. The normalized spacial score (nSPS) is 17.5. The van der Waals surface area contributed by atoms with Crippen LogP contribution < -0.4 is 10.6 Å². The van der Waals surface area contributed by atoms with E-state index in [1.54, 1.807) is 0 Å². The van der Waals surface area contributed by atoms with Crippen LogP contribution in [-0.4, -0.2) is 28.8 Å².